The first-order chi connectivity index (χ1) is 6.12. The number of aliphatic carboxylic acids is 1. The second kappa shape index (κ2) is 4.84. The second-order valence-corrected chi connectivity index (χ2v) is 3.58. The SMILES string of the molecule is Cl.Cl.NC1(C(=O)O)Cc2ccccc2C1. The minimum Gasteiger partial charge on any atom is -0.480 e. The third-order valence-electron chi connectivity index (χ3n) is 2.56. The summed E-state index contributed by atoms with van der Waals surface area (Å²) in [5.74, 6) is -0.913. The van der Waals surface area contributed by atoms with Gasteiger partial charge in [-0.25, -0.2) is 0 Å². The molecule has 0 radical (unpaired) electrons. The molecule has 0 atom stereocenters. The number of fused-ring (bicyclic) bond motifs is 1. The van der Waals surface area contributed by atoms with E-state index in [9.17, 15) is 4.79 Å². The number of carboxylic acid groups (broad SMARTS) is 1. The number of hydrogen-bond acceptors (Lipinski definition) is 2. The van der Waals surface area contributed by atoms with Gasteiger partial charge in [0.1, 0.15) is 5.54 Å². The average Bonchev–Trinajstić information content (AvgIpc) is 2.42. The van der Waals surface area contributed by atoms with Gasteiger partial charge in [0, 0.05) is 12.8 Å². The predicted octanol–water partition coefficient (Wildman–Crippen LogP) is 1.41. The molecule has 84 valence electrons. The summed E-state index contributed by atoms with van der Waals surface area (Å²) in [7, 11) is 0. The first kappa shape index (κ1) is 14.2. The van der Waals surface area contributed by atoms with Gasteiger partial charge in [0.25, 0.3) is 0 Å². The van der Waals surface area contributed by atoms with Crippen LogP contribution in [0, 0.1) is 0 Å². The normalized spacial score (nSPS) is 15.8. The Morgan fingerprint density at radius 3 is 1.93 bits per heavy atom. The number of carboxylic acids is 1. The van der Waals surface area contributed by atoms with Crippen LogP contribution in [0.2, 0.25) is 0 Å². The Bertz CT molecular complexity index is 343. The second-order valence-electron chi connectivity index (χ2n) is 3.58. The zero-order valence-corrected chi connectivity index (χ0v) is 9.61. The van der Waals surface area contributed by atoms with Gasteiger partial charge in [-0.05, 0) is 11.1 Å². The highest BCUT2D eigenvalue weighted by Crippen LogP contribution is 2.28. The molecule has 0 saturated heterocycles. The van der Waals surface area contributed by atoms with Crippen LogP contribution < -0.4 is 5.73 Å². The highest BCUT2D eigenvalue weighted by Gasteiger charge is 2.39. The lowest BCUT2D eigenvalue weighted by Crippen LogP contribution is -2.48. The van der Waals surface area contributed by atoms with E-state index in [1.165, 1.54) is 0 Å². The smallest absolute Gasteiger partial charge is 0.324 e. The predicted molar refractivity (Wildman–Crippen MR) is 62.9 cm³/mol. The summed E-state index contributed by atoms with van der Waals surface area (Å²) in [6.45, 7) is 0. The van der Waals surface area contributed by atoms with Crippen LogP contribution in [0.15, 0.2) is 24.3 Å². The summed E-state index contributed by atoms with van der Waals surface area (Å²) in [5.41, 5.74) is 6.80. The number of halogens is 2. The standard InChI is InChI=1S/C10H11NO2.2ClH/c11-10(9(12)13)5-7-3-1-2-4-8(7)6-10;;/h1-4H,5-6,11H2,(H,12,13);2*1H. The number of carbonyl (C=O) groups is 1. The van der Waals surface area contributed by atoms with Gasteiger partial charge in [0.05, 0.1) is 0 Å². The molecule has 3 nitrogen and oxygen atoms in total. The zero-order valence-electron chi connectivity index (χ0n) is 7.97. The fourth-order valence-electron chi connectivity index (χ4n) is 1.80. The highest BCUT2D eigenvalue weighted by atomic mass is 35.5. The van der Waals surface area contributed by atoms with Crippen molar-refractivity contribution in [3.63, 3.8) is 0 Å². The van der Waals surface area contributed by atoms with Crippen LogP contribution in [0.25, 0.3) is 0 Å². The molecule has 3 N–H and O–H groups in total. The molecule has 1 aliphatic rings. The van der Waals surface area contributed by atoms with Crippen LogP contribution in [0.3, 0.4) is 0 Å². The molecule has 0 saturated carbocycles. The molecule has 0 aromatic heterocycles. The molecule has 0 fully saturated rings. The lowest BCUT2D eigenvalue weighted by Gasteiger charge is -2.16. The Morgan fingerprint density at radius 1 is 1.20 bits per heavy atom. The molecule has 1 aromatic carbocycles. The Balaban J connectivity index is 0.000000980. The summed E-state index contributed by atoms with van der Waals surface area (Å²) in [6, 6.07) is 7.69. The van der Waals surface area contributed by atoms with Crippen molar-refractivity contribution in [1.29, 1.82) is 0 Å². The van der Waals surface area contributed by atoms with Crippen LogP contribution in [0.1, 0.15) is 11.1 Å². The third-order valence-corrected chi connectivity index (χ3v) is 2.56. The van der Waals surface area contributed by atoms with E-state index in [0.717, 1.165) is 11.1 Å². The van der Waals surface area contributed by atoms with Crippen LogP contribution in [-0.4, -0.2) is 16.6 Å². The van der Waals surface area contributed by atoms with Gasteiger partial charge in [0.2, 0.25) is 0 Å². The molecule has 0 unspecified atom stereocenters. The van der Waals surface area contributed by atoms with E-state index >= 15 is 0 Å². The van der Waals surface area contributed by atoms with Crippen LogP contribution >= 0.6 is 24.8 Å². The molecule has 0 heterocycles. The average molecular weight is 250 g/mol. The quantitative estimate of drug-likeness (QED) is 0.792. The molecule has 15 heavy (non-hydrogen) atoms. The Morgan fingerprint density at radius 2 is 1.60 bits per heavy atom. The summed E-state index contributed by atoms with van der Waals surface area (Å²) in [4.78, 5) is 10.9. The van der Waals surface area contributed by atoms with Crippen molar-refractivity contribution in [2.45, 2.75) is 18.4 Å². The molecular formula is C10H13Cl2NO2. The number of nitrogens with two attached hydrogens (primary N) is 1. The molecule has 2 rings (SSSR count). The van der Waals surface area contributed by atoms with Gasteiger partial charge in [-0.3, -0.25) is 4.79 Å². The van der Waals surface area contributed by atoms with E-state index in [1.54, 1.807) is 0 Å². The van der Waals surface area contributed by atoms with Gasteiger partial charge in [0.15, 0.2) is 0 Å². The van der Waals surface area contributed by atoms with E-state index in [0.29, 0.717) is 12.8 Å². The number of hydrogen-bond donors (Lipinski definition) is 2. The van der Waals surface area contributed by atoms with Crippen LogP contribution in [0.5, 0.6) is 0 Å². The molecule has 1 aromatic rings. The molecule has 0 amide bonds. The molecular weight excluding hydrogens is 237 g/mol. The maximum Gasteiger partial charge on any atom is 0.324 e. The third kappa shape index (κ3) is 2.43. The van der Waals surface area contributed by atoms with Gasteiger partial charge in [-0.15, -0.1) is 24.8 Å². The Labute approximate surface area is 100 Å². The largest absolute Gasteiger partial charge is 0.480 e. The monoisotopic (exact) mass is 249 g/mol. The van der Waals surface area contributed by atoms with Crippen molar-refractivity contribution in [3.05, 3.63) is 35.4 Å². The Kier molecular flexibility index (Phi) is 4.59. The minimum atomic E-state index is -1.08. The minimum absolute atomic E-state index is 0. The summed E-state index contributed by atoms with van der Waals surface area (Å²) < 4.78 is 0. The van der Waals surface area contributed by atoms with Crippen LogP contribution in [-0.2, 0) is 17.6 Å². The first-order valence-corrected chi connectivity index (χ1v) is 4.21. The van der Waals surface area contributed by atoms with Gasteiger partial charge in [-0.2, -0.15) is 0 Å². The molecule has 0 aliphatic heterocycles. The van der Waals surface area contributed by atoms with Gasteiger partial charge in [-0.1, -0.05) is 24.3 Å². The summed E-state index contributed by atoms with van der Waals surface area (Å²) in [6.07, 6.45) is 0.886. The fraction of sp³-hybridized carbons (Fsp3) is 0.300. The van der Waals surface area contributed by atoms with E-state index in [1.807, 2.05) is 24.3 Å². The fourth-order valence-corrected chi connectivity index (χ4v) is 1.80. The van der Waals surface area contributed by atoms with E-state index < -0.39 is 11.5 Å². The number of benzene rings is 1. The van der Waals surface area contributed by atoms with Crippen molar-refractivity contribution in [3.8, 4) is 0 Å². The van der Waals surface area contributed by atoms with Crippen LogP contribution in [0.4, 0.5) is 0 Å². The lowest BCUT2D eigenvalue weighted by atomic mass is 9.98. The molecule has 1 aliphatic carbocycles. The zero-order chi connectivity index (χ0) is 9.47. The van der Waals surface area contributed by atoms with Gasteiger partial charge < -0.3 is 10.8 Å². The van der Waals surface area contributed by atoms with E-state index in [-0.39, 0.29) is 24.8 Å². The van der Waals surface area contributed by atoms with Gasteiger partial charge >= 0.3 is 5.97 Å². The Hall–Kier alpha value is -0.770. The van der Waals surface area contributed by atoms with E-state index in [4.69, 9.17) is 10.8 Å². The summed E-state index contributed by atoms with van der Waals surface area (Å²) >= 11 is 0. The van der Waals surface area contributed by atoms with Crippen molar-refractivity contribution in [2.24, 2.45) is 5.73 Å². The molecule has 0 bridgehead atoms. The summed E-state index contributed by atoms with van der Waals surface area (Å²) in [5, 5.41) is 8.92. The lowest BCUT2D eigenvalue weighted by molar-refractivity contribution is -0.142. The molecule has 5 heteroatoms. The van der Waals surface area contributed by atoms with Crippen molar-refractivity contribution in [2.75, 3.05) is 0 Å². The molecule has 0 spiro atoms. The maximum absolute atomic E-state index is 10.9. The van der Waals surface area contributed by atoms with E-state index in [2.05, 4.69) is 0 Å². The number of rotatable bonds is 1. The maximum atomic E-state index is 10.9. The first-order valence-electron chi connectivity index (χ1n) is 4.21. The highest BCUT2D eigenvalue weighted by molar-refractivity contribution is 5.85. The van der Waals surface area contributed by atoms with Crippen molar-refractivity contribution in [1.82, 2.24) is 0 Å². The van der Waals surface area contributed by atoms with Crippen molar-refractivity contribution < 1.29 is 9.90 Å². The van der Waals surface area contributed by atoms with Crippen molar-refractivity contribution >= 4 is 30.8 Å². The topological polar surface area (TPSA) is 63.3 Å².